The third-order valence-corrected chi connectivity index (χ3v) is 4.10. The molecule has 3 unspecified atom stereocenters. The molecule has 0 saturated heterocycles. The van der Waals surface area contributed by atoms with Crippen molar-refractivity contribution in [2.45, 2.75) is 53.3 Å². The molecule has 0 rings (SSSR count). The van der Waals surface area contributed by atoms with Gasteiger partial charge in [-0.3, -0.25) is 0 Å². The van der Waals surface area contributed by atoms with E-state index in [1.165, 1.54) is 0 Å². The molecule has 0 aromatic carbocycles. The molecule has 0 bridgehead atoms. The number of hydrogen-bond acceptors (Lipinski definition) is 0. The van der Waals surface area contributed by atoms with Crippen LogP contribution in [0.4, 0.5) is 0 Å². The smallest absolute Gasteiger partial charge is 0.0418 e. The molecule has 13 heavy (non-hydrogen) atoms. The van der Waals surface area contributed by atoms with Gasteiger partial charge in [-0.05, 0) is 37.5 Å². The summed E-state index contributed by atoms with van der Waals surface area (Å²) in [6.45, 7) is 15.7. The Morgan fingerprint density at radius 3 is 1.46 bits per heavy atom. The van der Waals surface area contributed by atoms with E-state index in [2.05, 4.69) is 48.5 Å². The van der Waals surface area contributed by atoms with Crippen LogP contribution in [0.3, 0.4) is 0 Å². The Balaban J connectivity index is 4.34. The van der Waals surface area contributed by atoms with E-state index in [-0.39, 0.29) is 4.87 Å². The summed E-state index contributed by atoms with van der Waals surface area (Å²) in [6.07, 6.45) is 0. The van der Waals surface area contributed by atoms with Gasteiger partial charge in [0.15, 0.2) is 0 Å². The Bertz CT molecular complexity index is 144. The summed E-state index contributed by atoms with van der Waals surface area (Å²) >= 11 is 6.33. The molecule has 0 spiro atoms. The standard InChI is InChI=1S/C12H25Cl/c1-8(2)9(3)10(4)11(5)12(6,7)13/h8-11H,1-7H3. The summed E-state index contributed by atoms with van der Waals surface area (Å²) in [6, 6.07) is 0. The molecule has 0 heterocycles. The fourth-order valence-electron chi connectivity index (χ4n) is 1.69. The lowest BCUT2D eigenvalue weighted by molar-refractivity contribution is 0.195. The molecule has 0 aliphatic rings. The summed E-state index contributed by atoms with van der Waals surface area (Å²) in [5, 5.41) is 0. The van der Waals surface area contributed by atoms with Gasteiger partial charge in [-0.15, -0.1) is 11.6 Å². The third kappa shape index (κ3) is 3.89. The van der Waals surface area contributed by atoms with E-state index in [4.69, 9.17) is 11.6 Å². The van der Waals surface area contributed by atoms with Gasteiger partial charge in [0.25, 0.3) is 0 Å². The molecule has 0 nitrogen and oxygen atoms in total. The lowest BCUT2D eigenvalue weighted by atomic mass is 9.74. The molecule has 0 amide bonds. The second kappa shape index (κ2) is 4.68. The van der Waals surface area contributed by atoms with Crippen molar-refractivity contribution >= 4 is 11.6 Å². The van der Waals surface area contributed by atoms with Crippen LogP contribution in [0.25, 0.3) is 0 Å². The molecular weight excluding hydrogens is 180 g/mol. The molecular formula is C12H25Cl. The maximum Gasteiger partial charge on any atom is 0.0418 e. The maximum absolute atomic E-state index is 6.33. The Morgan fingerprint density at radius 1 is 0.846 bits per heavy atom. The van der Waals surface area contributed by atoms with Crippen LogP contribution in [0.5, 0.6) is 0 Å². The van der Waals surface area contributed by atoms with Crippen molar-refractivity contribution in [1.29, 1.82) is 0 Å². The number of hydrogen-bond donors (Lipinski definition) is 0. The molecule has 0 saturated carbocycles. The predicted octanol–water partition coefficient (Wildman–Crippen LogP) is 4.57. The summed E-state index contributed by atoms with van der Waals surface area (Å²) in [4.78, 5) is -0.0808. The molecule has 0 fully saturated rings. The first-order chi connectivity index (χ1) is 5.68. The van der Waals surface area contributed by atoms with Gasteiger partial charge in [0.05, 0.1) is 0 Å². The van der Waals surface area contributed by atoms with E-state index >= 15 is 0 Å². The zero-order chi connectivity index (χ0) is 10.8. The fraction of sp³-hybridized carbons (Fsp3) is 1.00. The number of rotatable bonds is 4. The van der Waals surface area contributed by atoms with Crippen molar-refractivity contribution in [3.63, 3.8) is 0 Å². The lowest BCUT2D eigenvalue weighted by Gasteiger charge is -2.35. The molecule has 80 valence electrons. The molecule has 0 radical (unpaired) electrons. The maximum atomic E-state index is 6.33. The minimum absolute atomic E-state index is 0.0808. The Morgan fingerprint density at radius 2 is 1.23 bits per heavy atom. The van der Waals surface area contributed by atoms with Crippen LogP contribution in [0.2, 0.25) is 0 Å². The molecule has 0 N–H and O–H groups in total. The molecule has 0 aromatic heterocycles. The average Bonchev–Trinajstić information content (AvgIpc) is 1.98. The van der Waals surface area contributed by atoms with Crippen LogP contribution in [0.15, 0.2) is 0 Å². The third-order valence-electron chi connectivity index (χ3n) is 3.75. The van der Waals surface area contributed by atoms with E-state index in [0.717, 1.165) is 11.8 Å². The molecule has 3 atom stereocenters. The summed E-state index contributed by atoms with van der Waals surface area (Å²) in [5.41, 5.74) is 0. The van der Waals surface area contributed by atoms with Crippen LogP contribution >= 0.6 is 11.6 Å². The van der Waals surface area contributed by atoms with Gasteiger partial charge in [0, 0.05) is 4.87 Å². The van der Waals surface area contributed by atoms with E-state index in [1.54, 1.807) is 0 Å². The first-order valence-corrected chi connectivity index (χ1v) is 5.74. The highest BCUT2D eigenvalue weighted by molar-refractivity contribution is 6.23. The zero-order valence-corrected chi connectivity index (χ0v) is 10.9. The second-order valence-corrected chi connectivity index (χ2v) is 6.29. The monoisotopic (exact) mass is 204 g/mol. The molecule has 0 aromatic rings. The van der Waals surface area contributed by atoms with Crippen LogP contribution < -0.4 is 0 Å². The highest BCUT2D eigenvalue weighted by atomic mass is 35.5. The van der Waals surface area contributed by atoms with E-state index in [9.17, 15) is 0 Å². The summed E-state index contributed by atoms with van der Waals surface area (Å²) in [5.74, 6) is 2.74. The normalized spacial score (nSPS) is 20.1. The van der Waals surface area contributed by atoms with E-state index in [0.29, 0.717) is 11.8 Å². The highest BCUT2D eigenvalue weighted by Gasteiger charge is 2.31. The molecule has 0 aliphatic carbocycles. The first-order valence-electron chi connectivity index (χ1n) is 5.36. The Kier molecular flexibility index (Phi) is 4.79. The largest absolute Gasteiger partial charge is 0.120 e. The van der Waals surface area contributed by atoms with Crippen molar-refractivity contribution in [1.82, 2.24) is 0 Å². The summed E-state index contributed by atoms with van der Waals surface area (Å²) < 4.78 is 0. The van der Waals surface area contributed by atoms with Gasteiger partial charge in [-0.25, -0.2) is 0 Å². The summed E-state index contributed by atoms with van der Waals surface area (Å²) in [7, 11) is 0. The second-order valence-electron chi connectivity index (χ2n) is 5.32. The van der Waals surface area contributed by atoms with Crippen molar-refractivity contribution in [2.24, 2.45) is 23.7 Å². The van der Waals surface area contributed by atoms with Crippen molar-refractivity contribution in [2.75, 3.05) is 0 Å². The van der Waals surface area contributed by atoms with Crippen molar-refractivity contribution < 1.29 is 0 Å². The highest BCUT2D eigenvalue weighted by Crippen LogP contribution is 2.36. The van der Waals surface area contributed by atoms with Crippen LogP contribution in [-0.2, 0) is 0 Å². The SMILES string of the molecule is CC(C)C(C)C(C)C(C)C(C)(C)Cl. The lowest BCUT2D eigenvalue weighted by Crippen LogP contribution is -2.32. The number of alkyl halides is 1. The van der Waals surface area contributed by atoms with Gasteiger partial charge in [0.2, 0.25) is 0 Å². The fourth-order valence-corrected chi connectivity index (χ4v) is 1.89. The molecule has 0 aliphatic heterocycles. The minimum Gasteiger partial charge on any atom is -0.120 e. The van der Waals surface area contributed by atoms with Gasteiger partial charge >= 0.3 is 0 Å². The Hall–Kier alpha value is 0.290. The van der Waals surface area contributed by atoms with Gasteiger partial charge in [-0.1, -0.05) is 34.6 Å². The molecule has 1 heteroatoms. The van der Waals surface area contributed by atoms with Gasteiger partial charge in [0.1, 0.15) is 0 Å². The Labute approximate surface area is 89.1 Å². The van der Waals surface area contributed by atoms with Crippen LogP contribution in [0.1, 0.15) is 48.5 Å². The van der Waals surface area contributed by atoms with Crippen molar-refractivity contribution in [3.8, 4) is 0 Å². The predicted molar refractivity (Wildman–Crippen MR) is 62.3 cm³/mol. The van der Waals surface area contributed by atoms with Crippen molar-refractivity contribution in [3.05, 3.63) is 0 Å². The quantitative estimate of drug-likeness (QED) is 0.589. The topological polar surface area (TPSA) is 0 Å². The minimum atomic E-state index is -0.0808. The first kappa shape index (κ1) is 13.3. The van der Waals surface area contributed by atoms with Crippen LogP contribution in [-0.4, -0.2) is 4.87 Å². The number of halogens is 1. The van der Waals surface area contributed by atoms with E-state index in [1.807, 2.05) is 0 Å². The average molecular weight is 205 g/mol. The van der Waals surface area contributed by atoms with Gasteiger partial charge < -0.3 is 0 Å². The van der Waals surface area contributed by atoms with E-state index < -0.39 is 0 Å². The van der Waals surface area contributed by atoms with Crippen LogP contribution in [0, 0.1) is 23.7 Å². The van der Waals surface area contributed by atoms with Gasteiger partial charge in [-0.2, -0.15) is 0 Å². The zero-order valence-electron chi connectivity index (χ0n) is 10.2.